The van der Waals surface area contributed by atoms with Gasteiger partial charge in [0.05, 0.1) is 23.2 Å². The molecule has 1 aliphatic rings. The number of pyridine rings is 1. The number of aromatic nitrogens is 1. The van der Waals surface area contributed by atoms with Crippen molar-refractivity contribution in [3.05, 3.63) is 94.8 Å². The molecule has 1 amide bonds. The first-order valence-electron chi connectivity index (χ1n) is 12.1. The molecule has 2 atom stereocenters. The fourth-order valence-electron chi connectivity index (χ4n) is 4.55. The van der Waals surface area contributed by atoms with Gasteiger partial charge in [-0.15, -0.1) is 0 Å². The van der Waals surface area contributed by atoms with E-state index in [1.54, 1.807) is 12.1 Å². The molecule has 0 bridgehead atoms. The normalized spacial score (nSPS) is 16.2. The number of rotatable bonds is 7. The van der Waals surface area contributed by atoms with Gasteiger partial charge in [0.25, 0.3) is 5.91 Å². The van der Waals surface area contributed by atoms with Crippen LogP contribution in [0.1, 0.15) is 59.1 Å². The summed E-state index contributed by atoms with van der Waals surface area (Å²) in [7, 11) is 2.09. The molecule has 36 heavy (non-hydrogen) atoms. The SMILES string of the molecule is CC(C)N(C)c1ccc([C@@H](c2ccc(C#N)cc2)N2CCC(NC(=O)c3ccc(C#N)nc3)C2)cc1. The number of hydrogen-bond acceptors (Lipinski definition) is 6. The van der Waals surface area contributed by atoms with E-state index in [2.05, 4.69) is 71.3 Å². The Balaban J connectivity index is 1.54. The van der Waals surface area contributed by atoms with Crippen molar-refractivity contribution in [2.75, 3.05) is 25.0 Å². The molecule has 0 saturated carbocycles. The maximum atomic E-state index is 12.8. The third-order valence-corrected chi connectivity index (χ3v) is 6.81. The van der Waals surface area contributed by atoms with Gasteiger partial charge in [-0.3, -0.25) is 9.69 Å². The van der Waals surface area contributed by atoms with Gasteiger partial charge in [0.15, 0.2) is 0 Å². The molecule has 0 spiro atoms. The molecule has 2 heterocycles. The lowest BCUT2D eigenvalue weighted by Crippen LogP contribution is -2.38. The van der Waals surface area contributed by atoms with Gasteiger partial charge in [-0.1, -0.05) is 24.3 Å². The second-order valence-electron chi connectivity index (χ2n) is 9.43. The predicted molar refractivity (Wildman–Crippen MR) is 139 cm³/mol. The average Bonchev–Trinajstić information content (AvgIpc) is 3.36. The Morgan fingerprint density at radius 1 is 1.03 bits per heavy atom. The van der Waals surface area contributed by atoms with Gasteiger partial charge in [-0.25, -0.2) is 4.98 Å². The third-order valence-electron chi connectivity index (χ3n) is 6.81. The van der Waals surface area contributed by atoms with Gasteiger partial charge in [-0.05, 0) is 67.8 Å². The number of benzene rings is 2. The van der Waals surface area contributed by atoms with Crippen LogP contribution in [0.3, 0.4) is 0 Å². The van der Waals surface area contributed by atoms with Crippen molar-refractivity contribution >= 4 is 11.6 Å². The highest BCUT2D eigenvalue weighted by atomic mass is 16.1. The Morgan fingerprint density at radius 2 is 1.69 bits per heavy atom. The van der Waals surface area contributed by atoms with Crippen molar-refractivity contribution in [2.45, 2.75) is 38.4 Å². The molecule has 2 aromatic carbocycles. The number of anilines is 1. The average molecular weight is 479 g/mol. The smallest absolute Gasteiger partial charge is 0.253 e. The van der Waals surface area contributed by atoms with Crippen LogP contribution >= 0.6 is 0 Å². The van der Waals surface area contributed by atoms with Gasteiger partial charge in [0.1, 0.15) is 11.8 Å². The Morgan fingerprint density at radius 3 is 2.25 bits per heavy atom. The van der Waals surface area contributed by atoms with E-state index in [0.29, 0.717) is 23.7 Å². The Bertz CT molecular complexity index is 1270. The van der Waals surface area contributed by atoms with Gasteiger partial charge >= 0.3 is 0 Å². The number of nitrogens with zero attached hydrogens (tertiary/aromatic N) is 5. The minimum atomic E-state index is -0.185. The molecule has 1 fully saturated rings. The first-order chi connectivity index (χ1) is 17.4. The number of likely N-dealkylation sites (tertiary alicyclic amines) is 1. The number of hydrogen-bond donors (Lipinski definition) is 1. The highest BCUT2D eigenvalue weighted by molar-refractivity contribution is 5.94. The zero-order valence-electron chi connectivity index (χ0n) is 20.8. The summed E-state index contributed by atoms with van der Waals surface area (Å²) in [6, 6.07) is 24.2. The van der Waals surface area contributed by atoms with Crippen LogP contribution in [0, 0.1) is 22.7 Å². The summed E-state index contributed by atoms with van der Waals surface area (Å²) < 4.78 is 0. The minimum absolute atomic E-state index is 0.000345. The summed E-state index contributed by atoms with van der Waals surface area (Å²) in [6.45, 7) is 5.86. The molecule has 3 aromatic rings. The third kappa shape index (κ3) is 5.54. The zero-order chi connectivity index (χ0) is 25.7. The quantitative estimate of drug-likeness (QED) is 0.545. The van der Waals surface area contributed by atoms with Crippen molar-refractivity contribution in [2.24, 2.45) is 0 Å². The number of nitriles is 2. The molecular weight excluding hydrogens is 448 g/mol. The molecule has 0 aliphatic carbocycles. The van der Waals surface area contributed by atoms with Crippen LogP contribution in [0.25, 0.3) is 0 Å². The van der Waals surface area contributed by atoms with Gasteiger partial charge in [0.2, 0.25) is 0 Å². The molecule has 1 aromatic heterocycles. The van der Waals surface area contributed by atoms with E-state index in [1.807, 2.05) is 30.3 Å². The summed E-state index contributed by atoms with van der Waals surface area (Å²) in [4.78, 5) is 21.4. The van der Waals surface area contributed by atoms with Crippen LogP contribution in [-0.4, -0.2) is 48.0 Å². The lowest BCUT2D eigenvalue weighted by atomic mass is 9.96. The second-order valence-corrected chi connectivity index (χ2v) is 9.43. The number of carbonyl (C=O) groups is 1. The first-order valence-corrected chi connectivity index (χ1v) is 12.1. The predicted octanol–water partition coefficient (Wildman–Crippen LogP) is 4.26. The van der Waals surface area contributed by atoms with Crippen LogP contribution in [-0.2, 0) is 0 Å². The zero-order valence-corrected chi connectivity index (χ0v) is 20.8. The monoisotopic (exact) mass is 478 g/mol. The van der Waals surface area contributed by atoms with Crippen molar-refractivity contribution in [3.8, 4) is 12.1 Å². The summed E-state index contributed by atoms with van der Waals surface area (Å²) in [6.07, 6.45) is 2.27. The molecule has 182 valence electrons. The van der Waals surface area contributed by atoms with Crippen molar-refractivity contribution in [1.29, 1.82) is 10.5 Å². The molecule has 1 saturated heterocycles. The largest absolute Gasteiger partial charge is 0.372 e. The highest BCUT2D eigenvalue weighted by Gasteiger charge is 2.31. The minimum Gasteiger partial charge on any atom is -0.372 e. The highest BCUT2D eigenvalue weighted by Crippen LogP contribution is 2.33. The maximum Gasteiger partial charge on any atom is 0.253 e. The molecule has 1 N–H and O–H groups in total. The van der Waals surface area contributed by atoms with E-state index >= 15 is 0 Å². The standard InChI is InChI=1S/C29H30N6O/c1-20(2)34(3)27-12-9-23(10-13-27)28(22-6-4-21(16-30)5-7-22)35-15-14-26(19-35)33-29(36)24-8-11-25(17-31)32-18-24/h4-13,18,20,26,28H,14-15,19H2,1-3H3,(H,33,36)/t26?,28-/m1/s1. The van der Waals surface area contributed by atoms with Crippen molar-refractivity contribution in [3.63, 3.8) is 0 Å². The summed E-state index contributed by atoms with van der Waals surface area (Å²) in [5, 5.41) is 21.3. The molecule has 7 heteroatoms. The van der Waals surface area contributed by atoms with Crippen LogP contribution in [0.15, 0.2) is 66.9 Å². The topological polar surface area (TPSA) is 96.0 Å². The number of nitrogens with one attached hydrogen (secondary N) is 1. The fourth-order valence-corrected chi connectivity index (χ4v) is 4.55. The lowest BCUT2D eigenvalue weighted by molar-refractivity contribution is 0.0936. The van der Waals surface area contributed by atoms with Crippen LogP contribution in [0.5, 0.6) is 0 Å². The first kappa shape index (κ1) is 24.9. The second kappa shape index (κ2) is 11.0. The van der Waals surface area contributed by atoms with Crippen LogP contribution < -0.4 is 10.2 Å². The van der Waals surface area contributed by atoms with E-state index in [0.717, 1.165) is 24.2 Å². The van der Waals surface area contributed by atoms with E-state index in [9.17, 15) is 10.1 Å². The van der Waals surface area contributed by atoms with E-state index in [1.165, 1.54) is 11.8 Å². The molecular formula is C29H30N6O. The van der Waals surface area contributed by atoms with E-state index in [-0.39, 0.29) is 23.7 Å². The Labute approximate surface area is 212 Å². The lowest BCUT2D eigenvalue weighted by Gasteiger charge is -2.30. The molecule has 4 rings (SSSR count). The van der Waals surface area contributed by atoms with Crippen molar-refractivity contribution < 1.29 is 4.79 Å². The molecule has 0 radical (unpaired) electrons. The van der Waals surface area contributed by atoms with E-state index < -0.39 is 0 Å². The molecule has 7 nitrogen and oxygen atoms in total. The maximum absolute atomic E-state index is 12.8. The molecule has 1 unspecified atom stereocenters. The summed E-state index contributed by atoms with van der Waals surface area (Å²) in [5.41, 5.74) is 4.81. The molecule has 1 aliphatic heterocycles. The summed E-state index contributed by atoms with van der Waals surface area (Å²) in [5.74, 6) is -0.185. The van der Waals surface area contributed by atoms with Crippen molar-refractivity contribution in [1.82, 2.24) is 15.2 Å². The van der Waals surface area contributed by atoms with Gasteiger partial charge in [0, 0.05) is 44.1 Å². The van der Waals surface area contributed by atoms with Crippen LogP contribution in [0.4, 0.5) is 5.69 Å². The van der Waals surface area contributed by atoms with E-state index in [4.69, 9.17) is 5.26 Å². The Hall–Kier alpha value is -4.20. The Kier molecular flexibility index (Phi) is 7.63. The van der Waals surface area contributed by atoms with Gasteiger partial charge < -0.3 is 10.2 Å². The summed E-state index contributed by atoms with van der Waals surface area (Å²) >= 11 is 0. The number of amides is 1. The fraction of sp³-hybridized carbons (Fsp3) is 0.310. The number of carbonyl (C=O) groups excluding carboxylic acids is 1. The van der Waals surface area contributed by atoms with Gasteiger partial charge in [-0.2, -0.15) is 10.5 Å². The van der Waals surface area contributed by atoms with Crippen LogP contribution in [0.2, 0.25) is 0 Å².